The van der Waals surface area contributed by atoms with Gasteiger partial charge in [-0.1, -0.05) is 36.4 Å². The van der Waals surface area contributed by atoms with E-state index >= 15 is 0 Å². The summed E-state index contributed by atoms with van der Waals surface area (Å²) in [5, 5.41) is 0. The molecule has 0 nitrogen and oxygen atoms in total. The third kappa shape index (κ3) is 8.44. The van der Waals surface area contributed by atoms with Crippen LogP contribution in [0.25, 0.3) is 0 Å². The molecule has 8 heteroatoms. The van der Waals surface area contributed by atoms with Gasteiger partial charge in [-0.2, -0.15) is 13.2 Å². The van der Waals surface area contributed by atoms with Gasteiger partial charge in [0.15, 0.2) is 0 Å². The summed E-state index contributed by atoms with van der Waals surface area (Å²) in [5.74, 6) is -3.32. The van der Waals surface area contributed by atoms with E-state index in [0.29, 0.717) is 12.8 Å². The molecule has 1 aromatic rings. The third-order valence-corrected chi connectivity index (χ3v) is 2.81. The fourth-order valence-electron chi connectivity index (χ4n) is 1.76. The molecule has 0 aromatic heterocycles. The first-order valence-electron chi connectivity index (χ1n) is 6.18. The van der Waals surface area contributed by atoms with Crippen molar-refractivity contribution >= 4 is 6.98 Å². The van der Waals surface area contributed by atoms with Crippen LogP contribution in [0.4, 0.5) is 26.1 Å². The van der Waals surface area contributed by atoms with Crippen molar-refractivity contribution in [2.24, 2.45) is 0 Å². The normalized spacial score (nSPS) is 14.0. The number of alkyl halides is 3. The minimum absolute atomic E-state index is 0. The van der Waals surface area contributed by atoms with Crippen LogP contribution in [-0.2, 0) is 6.42 Å². The number of allylic oxidation sites excluding steroid dienone is 2. The molecule has 0 amide bonds. The number of hydrogen-bond donors (Lipinski definition) is 0. The quantitative estimate of drug-likeness (QED) is 0.324. The van der Waals surface area contributed by atoms with Gasteiger partial charge in [-0.25, -0.2) is 0 Å². The fourth-order valence-corrected chi connectivity index (χ4v) is 1.76. The molecule has 0 spiro atoms. The minimum atomic E-state index is -5.95. The number of rotatable bonds is 6. The molecule has 0 N–H and O–H groups in total. The number of halogens is 6. The molecule has 1 atom stereocenters. The summed E-state index contributed by atoms with van der Waals surface area (Å²) in [5.41, 5.74) is 1.01. The second kappa shape index (κ2) is 9.40. The Kier molecular flexibility index (Phi) is 9.50. The topological polar surface area (TPSA) is 0 Å². The van der Waals surface area contributed by atoms with E-state index in [1.54, 1.807) is 0 Å². The maximum atomic E-state index is 12.3. The zero-order chi connectivity index (χ0) is 15.2. The van der Waals surface area contributed by atoms with E-state index in [0.717, 1.165) is 11.6 Å². The molecule has 0 fully saturated rings. The van der Waals surface area contributed by atoms with Gasteiger partial charge in [0.1, 0.15) is 0 Å². The number of hydrogen-bond acceptors (Lipinski definition) is 0. The van der Waals surface area contributed by atoms with Crippen molar-refractivity contribution in [3.63, 3.8) is 0 Å². The van der Waals surface area contributed by atoms with E-state index in [2.05, 4.69) is 0 Å². The average Bonchev–Trinajstić information content (AvgIpc) is 2.31. The van der Waals surface area contributed by atoms with Crippen LogP contribution < -0.4 is 51.4 Å². The minimum Gasteiger partial charge on any atom is -0.448 e. The standard InChI is InChI=1S/C13H14BF6.K/c15-13(16,17)12(14(18,19)20)10-6-2-5-9-11-7-3-1-4-8-11;/h1,3-4,6-8,10,12H,2,5,9H2;/q-1;+1/b10-6+;. The Labute approximate surface area is 162 Å². The molecular weight excluding hydrogens is 320 g/mol. The van der Waals surface area contributed by atoms with E-state index in [9.17, 15) is 26.1 Å². The van der Waals surface area contributed by atoms with Gasteiger partial charge in [-0.05, 0) is 24.8 Å². The molecule has 0 saturated heterocycles. The first-order chi connectivity index (χ1) is 9.21. The summed E-state index contributed by atoms with van der Waals surface area (Å²) in [6, 6.07) is 9.22. The Morgan fingerprint density at radius 3 is 2.10 bits per heavy atom. The van der Waals surface area contributed by atoms with Crippen molar-refractivity contribution in [3.05, 3.63) is 48.0 Å². The molecule has 0 radical (unpaired) electrons. The molecule has 0 bridgehead atoms. The van der Waals surface area contributed by atoms with Crippen molar-refractivity contribution in [1.29, 1.82) is 0 Å². The molecule has 0 aliphatic rings. The summed E-state index contributed by atoms with van der Waals surface area (Å²) in [4.78, 5) is 0. The summed E-state index contributed by atoms with van der Waals surface area (Å²) >= 11 is 0. The predicted octanol–water partition coefficient (Wildman–Crippen LogP) is 2.35. The first-order valence-corrected chi connectivity index (χ1v) is 6.18. The zero-order valence-electron chi connectivity index (χ0n) is 11.6. The molecule has 1 aromatic carbocycles. The van der Waals surface area contributed by atoms with Gasteiger partial charge in [0.2, 0.25) is 0 Å². The molecule has 0 aliphatic carbocycles. The largest absolute Gasteiger partial charge is 1.00 e. The molecular formula is C13H14BF6K. The Morgan fingerprint density at radius 1 is 1.05 bits per heavy atom. The second-order valence-electron chi connectivity index (χ2n) is 4.50. The van der Waals surface area contributed by atoms with Crippen molar-refractivity contribution < 1.29 is 77.5 Å². The fraction of sp³-hybridized carbons (Fsp3) is 0.385. The van der Waals surface area contributed by atoms with Gasteiger partial charge >= 0.3 is 64.5 Å². The van der Waals surface area contributed by atoms with E-state index in [-0.39, 0.29) is 63.9 Å². The van der Waals surface area contributed by atoms with Gasteiger partial charge in [-0.15, -0.1) is 6.08 Å². The zero-order valence-corrected chi connectivity index (χ0v) is 14.7. The first kappa shape index (κ1) is 21.2. The molecule has 21 heavy (non-hydrogen) atoms. The third-order valence-electron chi connectivity index (χ3n) is 2.81. The van der Waals surface area contributed by atoms with Gasteiger partial charge in [-0.3, -0.25) is 0 Å². The predicted molar refractivity (Wildman–Crippen MR) is 67.4 cm³/mol. The maximum absolute atomic E-state index is 12.3. The Morgan fingerprint density at radius 2 is 1.62 bits per heavy atom. The van der Waals surface area contributed by atoms with Crippen molar-refractivity contribution in [1.82, 2.24) is 0 Å². The number of benzene rings is 1. The summed E-state index contributed by atoms with van der Waals surface area (Å²) in [6.07, 6.45) is -2.75. The number of unbranched alkanes of at least 4 members (excludes halogenated alkanes) is 1. The van der Waals surface area contributed by atoms with Crippen molar-refractivity contribution in [2.75, 3.05) is 0 Å². The van der Waals surface area contributed by atoms with E-state index in [4.69, 9.17) is 0 Å². The molecule has 112 valence electrons. The van der Waals surface area contributed by atoms with Crippen LogP contribution in [-0.4, -0.2) is 13.2 Å². The molecule has 1 rings (SSSR count). The van der Waals surface area contributed by atoms with Gasteiger partial charge < -0.3 is 12.9 Å². The van der Waals surface area contributed by atoms with Crippen LogP contribution in [0.3, 0.4) is 0 Å². The molecule has 0 heterocycles. The van der Waals surface area contributed by atoms with Crippen LogP contribution in [0.2, 0.25) is 5.82 Å². The Hall–Kier alpha value is 0.241. The van der Waals surface area contributed by atoms with Gasteiger partial charge in [0.25, 0.3) is 0 Å². The van der Waals surface area contributed by atoms with Gasteiger partial charge in [0, 0.05) is 5.82 Å². The van der Waals surface area contributed by atoms with Crippen LogP contribution in [0.15, 0.2) is 42.5 Å². The van der Waals surface area contributed by atoms with Crippen molar-refractivity contribution in [2.45, 2.75) is 31.3 Å². The van der Waals surface area contributed by atoms with Gasteiger partial charge in [0.05, 0.1) is 0 Å². The summed E-state index contributed by atoms with van der Waals surface area (Å²) in [7, 11) is 0. The summed E-state index contributed by atoms with van der Waals surface area (Å²) < 4.78 is 73.5. The van der Waals surface area contributed by atoms with Crippen LogP contribution >= 0.6 is 0 Å². The van der Waals surface area contributed by atoms with Crippen LogP contribution in [0, 0.1) is 0 Å². The van der Waals surface area contributed by atoms with Crippen LogP contribution in [0.1, 0.15) is 18.4 Å². The van der Waals surface area contributed by atoms with Crippen LogP contribution in [0.5, 0.6) is 0 Å². The molecule has 0 saturated carbocycles. The molecule has 1 unspecified atom stereocenters. The Bertz CT molecular complexity index is 413. The number of aryl methyl sites for hydroxylation is 1. The smallest absolute Gasteiger partial charge is 0.448 e. The Balaban J connectivity index is 0.00000400. The summed E-state index contributed by atoms with van der Waals surface area (Å²) in [6.45, 7) is -5.95. The van der Waals surface area contributed by atoms with E-state index in [1.807, 2.05) is 30.3 Å². The molecule has 0 aliphatic heterocycles. The average molecular weight is 334 g/mol. The SMILES string of the molecule is F[B-](F)(F)C(/C=C/CCCc1ccccc1)C(F)(F)F.[K+]. The maximum Gasteiger partial charge on any atom is 1.00 e. The second-order valence-corrected chi connectivity index (χ2v) is 4.50. The monoisotopic (exact) mass is 334 g/mol. The van der Waals surface area contributed by atoms with Crippen molar-refractivity contribution in [3.8, 4) is 0 Å². The van der Waals surface area contributed by atoms with E-state index < -0.39 is 19.0 Å². The van der Waals surface area contributed by atoms with E-state index in [1.165, 1.54) is 0 Å².